The van der Waals surface area contributed by atoms with Crippen molar-refractivity contribution in [2.24, 2.45) is 5.92 Å². The fraction of sp³-hybridized carbons (Fsp3) is 0.600. The number of nitrogens with one attached hydrogen (secondary N) is 1. The molecule has 0 atom stereocenters. The molecule has 2 amide bonds. The van der Waals surface area contributed by atoms with E-state index >= 15 is 0 Å². The van der Waals surface area contributed by atoms with Crippen LogP contribution in [0.1, 0.15) is 13.8 Å². The summed E-state index contributed by atoms with van der Waals surface area (Å²) in [5.41, 5.74) is 0. The van der Waals surface area contributed by atoms with E-state index in [-0.39, 0.29) is 24.2 Å². The molecule has 0 heterocycles. The average Bonchev–Trinajstić information content (AvgIpc) is 1.67. The molecule has 0 radical (unpaired) electrons. The van der Waals surface area contributed by atoms with Gasteiger partial charge < -0.3 is 0 Å². The van der Waals surface area contributed by atoms with Gasteiger partial charge in [-0.15, -0.1) is 12.4 Å². The summed E-state index contributed by atoms with van der Waals surface area (Å²) in [5.74, 6) is -0.347. The number of hydrogen-bond acceptors (Lipinski definition) is 2. The van der Waals surface area contributed by atoms with Crippen molar-refractivity contribution in [2.75, 3.05) is 0 Å². The summed E-state index contributed by atoms with van der Waals surface area (Å²) in [7, 11) is 0. The lowest BCUT2D eigenvalue weighted by Gasteiger charge is -1.97. The minimum atomic E-state index is -0.236. The van der Waals surface area contributed by atoms with Crippen molar-refractivity contribution in [3.63, 3.8) is 0 Å². The average molecular weight is 152 g/mol. The highest BCUT2D eigenvalue weighted by Crippen LogP contribution is 1.87. The zero-order valence-electron chi connectivity index (χ0n) is 5.38. The molecule has 54 valence electrons. The van der Waals surface area contributed by atoms with Crippen LogP contribution in [0.15, 0.2) is 0 Å². The molecule has 0 rings (SSSR count). The van der Waals surface area contributed by atoms with Gasteiger partial charge in [0.05, 0.1) is 0 Å². The summed E-state index contributed by atoms with van der Waals surface area (Å²) in [5, 5.41) is 2.03. The van der Waals surface area contributed by atoms with Gasteiger partial charge in [-0.05, 0) is 0 Å². The zero-order valence-corrected chi connectivity index (χ0v) is 6.20. The molecule has 9 heavy (non-hydrogen) atoms. The predicted octanol–water partition coefficient (Wildman–Crippen LogP) is 0.337. The maximum absolute atomic E-state index is 10.4. The van der Waals surface area contributed by atoms with Crippen molar-refractivity contribution < 1.29 is 9.59 Å². The third kappa shape index (κ3) is 5.30. The van der Waals surface area contributed by atoms with Gasteiger partial charge in [-0.2, -0.15) is 0 Å². The molecule has 0 aliphatic carbocycles. The standard InChI is InChI=1S/C5H9NO2.ClH/c1-4(2)5(8)6-3-7;/h3-4H,1-2H3,(H,6,7,8);1H. The monoisotopic (exact) mass is 151 g/mol. The van der Waals surface area contributed by atoms with E-state index in [1.165, 1.54) is 0 Å². The highest BCUT2D eigenvalue weighted by atomic mass is 35.5. The van der Waals surface area contributed by atoms with E-state index < -0.39 is 0 Å². The predicted molar refractivity (Wildman–Crippen MR) is 36.3 cm³/mol. The SMILES string of the molecule is CC(C)C(=O)NC=O.Cl. The topological polar surface area (TPSA) is 46.2 Å². The minimum absolute atomic E-state index is 0. The molecule has 0 bridgehead atoms. The van der Waals surface area contributed by atoms with Crippen LogP contribution >= 0.6 is 12.4 Å². The van der Waals surface area contributed by atoms with Crippen LogP contribution in [-0.4, -0.2) is 12.3 Å². The summed E-state index contributed by atoms with van der Waals surface area (Å²) in [6.45, 7) is 3.44. The lowest BCUT2D eigenvalue weighted by molar-refractivity contribution is -0.127. The Morgan fingerprint density at radius 1 is 1.56 bits per heavy atom. The molecule has 0 unspecified atom stereocenters. The Hall–Kier alpha value is -0.570. The zero-order chi connectivity index (χ0) is 6.57. The van der Waals surface area contributed by atoms with Crippen molar-refractivity contribution in [2.45, 2.75) is 13.8 Å². The van der Waals surface area contributed by atoms with Gasteiger partial charge in [0.1, 0.15) is 0 Å². The first-order chi connectivity index (χ1) is 3.68. The molecular formula is C5H10ClNO2. The van der Waals surface area contributed by atoms with Gasteiger partial charge in [-0.3, -0.25) is 14.9 Å². The second-order valence-corrected chi connectivity index (χ2v) is 1.78. The molecule has 3 nitrogen and oxygen atoms in total. The van der Waals surface area contributed by atoms with Crippen molar-refractivity contribution >= 4 is 24.7 Å². The number of rotatable bonds is 2. The molecule has 0 aromatic carbocycles. The van der Waals surface area contributed by atoms with Crippen molar-refractivity contribution in [3.8, 4) is 0 Å². The number of carbonyl (C=O) groups excluding carboxylic acids is 2. The van der Waals surface area contributed by atoms with Gasteiger partial charge in [-0.1, -0.05) is 13.8 Å². The van der Waals surface area contributed by atoms with Gasteiger partial charge in [0.2, 0.25) is 12.3 Å². The van der Waals surface area contributed by atoms with Crippen molar-refractivity contribution in [1.29, 1.82) is 0 Å². The van der Waals surface area contributed by atoms with E-state index in [2.05, 4.69) is 0 Å². The Morgan fingerprint density at radius 3 is 2.11 bits per heavy atom. The third-order valence-electron chi connectivity index (χ3n) is 0.726. The summed E-state index contributed by atoms with van der Waals surface area (Å²) < 4.78 is 0. The maximum Gasteiger partial charge on any atom is 0.228 e. The molecule has 0 spiro atoms. The molecule has 0 saturated carbocycles. The lowest BCUT2D eigenvalue weighted by atomic mass is 10.2. The summed E-state index contributed by atoms with van der Waals surface area (Å²) in [6, 6.07) is 0. The number of hydrogen-bond donors (Lipinski definition) is 1. The van der Waals surface area contributed by atoms with Gasteiger partial charge in [0.25, 0.3) is 0 Å². The molecule has 1 N–H and O–H groups in total. The minimum Gasteiger partial charge on any atom is -0.299 e. The number of amides is 2. The van der Waals surface area contributed by atoms with Crippen LogP contribution in [0.3, 0.4) is 0 Å². The second-order valence-electron chi connectivity index (χ2n) is 1.78. The molecule has 0 aromatic rings. The summed E-state index contributed by atoms with van der Waals surface area (Å²) in [6.07, 6.45) is 0.391. The summed E-state index contributed by atoms with van der Waals surface area (Å²) >= 11 is 0. The Labute approximate surface area is 60.2 Å². The highest BCUT2D eigenvalue weighted by molar-refractivity contribution is 5.87. The number of carbonyl (C=O) groups is 2. The van der Waals surface area contributed by atoms with E-state index in [0.29, 0.717) is 6.41 Å². The smallest absolute Gasteiger partial charge is 0.228 e. The molecule has 0 aliphatic rings. The van der Waals surface area contributed by atoms with E-state index in [9.17, 15) is 9.59 Å². The molecule has 0 saturated heterocycles. The van der Waals surface area contributed by atoms with Crippen LogP contribution in [-0.2, 0) is 9.59 Å². The van der Waals surface area contributed by atoms with Gasteiger partial charge in [0, 0.05) is 5.92 Å². The molecule has 4 heteroatoms. The van der Waals surface area contributed by atoms with E-state index in [1.54, 1.807) is 13.8 Å². The quantitative estimate of drug-likeness (QED) is 0.579. The van der Waals surface area contributed by atoms with Crippen LogP contribution in [0.25, 0.3) is 0 Å². The van der Waals surface area contributed by atoms with Gasteiger partial charge in [-0.25, -0.2) is 0 Å². The Kier molecular flexibility index (Phi) is 6.96. The lowest BCUT2D eigenvalue weighted by Crippen LogP contribution is -2.25. The first-order valence-electron chi connectivity index (χ1n) is 2.42. The number of imide groups is 1. The van der Waals surface area contributed by atoms with Gasteiger partial charge >= 0.3 is 0 Å². The van der Waals surface area contributed by atoms with Gasteiger partial charge in [0.15, 0.2) is 0 Å². The van der Waals surface area contributed by atoms with Crippen LogP contribution in [0.4, 0.5) is 0 Å². The summed E-state index contributed by atoms with van der Waals surface area (Å²) in [4.78, 5) is 20.0. The molecule has 0 aromatic heterocycles. The molecular weight excluding hydrogens is 142 g/mol. The number of halogens is 1. The van der Waals surface area contributed by atoms with Crippen molar-refractivity contribution in [3.05, 3.63) is 0 Å². The molecule has 0 aliphatic heterocycles. The van der Waals surface area contributed by atoms with Crippen LogP contribution in [0.5, 0.6) is 0 Å². The first-order valence-corrected chi connectivity index (χ1v) is 2.42. The van der Waals surface area contributed by atoms with Crippen LogP contribution in [0.2, 0.25) is 0 Å². The largest absolute Gasteiger partial charge is 0.299 e. The second kappa shape index (κ2) is 5.56. The Morgan fingerprint density at radius 2 is 2.00 bits per heavy atom. The van der Waals surface area contributed by atoms with E-state index in [4.69, 9.17) is 0 Å². The Bertz CT molecular complexity index is 103. The van der Waals surface area contributed by atoms with Crippen LogP contribution < -0.4 is 5.32 Å². The fourth-order valence-electron chi connectivity index (χ4n) is 0.225. The maximum atomic E-state index is 10.4. The van der Waals surface area contributed by atoms with E-state index in [1.807, 2.05) is 5.32 Å². The highest BCUT2D eigenvalue weighted by Gasteiger charge is 2.02. The van der Waals surface area contributed by atoms with Crippen LogP contribution in [0, 0.1) is 5.92 Å². The van der Waals surface area contributed by atoms with Crippen molar-refractivity contribution in [1.82, 2.24) is 5.32 Å². The molecule has 0 fully saturated rings. The normalized spacial score (nSPS) is 7.89. The fourth-order valence-corrected chi connectivity index (χ4v) is 0.225. The van der Waals surface area contributed by atoms with E-state index in [0.717, 1.165) is 0 Å². The first kappa shape index (κ1) is 11.3. The Balaban J connectivity index is 0. The third-order valence-corrected chi connectivity index (χ3v) is 0.726.